The number of aromatic nitrogens is 2. The second kappa shape index (κ2) is 8.82. The van der Waals surface area contributed by atoms with Crippen LogP contribution in [0.4, 0.5) is 0 Å². The number of carbonyl (C=O) groups is 1. The van der Waals surface area contributed by atoms with Gasteiger partial charge in [-0.3, -0.25) is 14.6 Å². The fraction of sp³-hybridized carbons (Fsp3) is 0.526. The third kappa shape index (κ3) is 5.28. The minimum Gasteiger partial charge on any atom is -0.480 e. The molecule has 1 fully saturated rings. The number of carboxylic acid groups (broad SMARTS) is 1. The van der Waals surface area contributed by atoms with E-state index in [4.69, 9.17) is 21.2 Å². The highest BCUT2D eigenvalue weighted by molar-refractivity contribution is 6.30. The first kappa shape index (κ1) is 19.8. The molecule has 1 saturated heterocycles. The molecule has 7 nitrogen and oxygen atoms in total. The third-order valence-corrected chi connectivity index (χ3v) is 5.42. The number of likely N-dealkylation sites (tertiary alicyclic amines) is 1. The van der Waals surface area contributed by atoms with E-state index in [1.807, 2.05) is 36.2 Å². The van der Waals surface area contributed by atoms with Crippen molar-refractivity contribution in [1.82, 2.24) is 19.9 Å². The number of piperidine rings is 1. The van der Waals surface area contributed by atoms with Crippen molar-refractivity contribution in [1.29, 1.82) is 0 Å². The number of likely N-dealkylation sites (N-methyl/N-ethyl adjacent to an activating group) is 1. The van der Waals surface area contributed by atoms with Crippen LogP contribution in [0.3, 0.4) is 0 Å². The number of rotatable bonds is 7. The molecule has 0 radical (unpaired) electrons. The van der Waals surface area contributed by atoms with Gasteiger partial charge in [0.25, 0.3) is 0 Å². The Morgan fingerprint density at radius 3 is 2.67 bits per heavy atom. The van der Waals surface area contributed by atoms with Crippen molar-refractivity contribution in [2.24, 2.45) is 0 Å². The van der Waals surface area contributed by atoms with Crippen LogP contribution in [0.1, 0.15) is 43.1 Å². The zero-order valence-corrected chi connectivity index (χ0v) is 16.4. The average Bonchev–Trinajstić information content (AvgIpc) is 3.11. The number of benzene rings is 1. The lowest BCUT2D eigenvalue weighted by Crippen LogP contribution is -2.45. The highest BCUT2D eigenvalue weighted by atomic mass is 35.5. The van der Waals surface area contributed by atoms with Gasteiger partial charge < -0.3 is 9.63 Å². The van der Waals surface area contributed by atoms with E-state index >= 15 is 0 Å². The van der Waals surface area contributed by atoms with Crippen LogP contribution >= 0.6 is 11.6 Å². The maximum Gasteiger partial charge on any atom is 0.317 e. The lowest BCUT2D eigenvalue weighted by Gasteiger charge is -2.37. The van der Waals surface area contributed by atoms with Crippen LogP contribution < -0.4 is 0 Å². The van der Waals surface area contributed by atoms with Gasteiger partial charge in [0.05, 0.1) is 12.6 Å². The Kier molecular flexibility index (Phi) is 6.46. The van der Waals surface area contributed by atoms with Crippen LogP contribution in [-0.2, 0) is 11.2 Å². The van der Waals surface area contributed by atoms with E-state index in [9.17, 15) is 4.79 Å². The van der Waals surface area contributed by atoms with Gasteiger partial charge in [0.2, 0.25) is 5.89 Å². The highest BCUT2D eigenvalue weighted by Crippen LogP contribution is 2.25. The molecule has 8 heteroatoms. The summed E-state index contributed by atoms with van der Waals surface area (Å²) in [6.45, 7) is 3.91. The summed E-state index contributed by atoms with van der Waals surface area (Å²) in [4.78, 5) is 19.7. The van der Waals surface area contributed by atoms with Crippen LogP contribution in [-0.4, -0.2) is 63.7 Å². The van der Waals surface area contributed by atoms with Crippen molar-refractivity contribution in [2.45, 2.75) is 38.3 Å². The Morgan fingerprint density at radius 2 is 2.04 bits per heavy atom. The van der Waals surface area contributed by atoms with Gasteiger partial charge in [0.15, 0.2) is 5.82 Å². The SMILES string of the molecule is CC(c1nc(Cc2ccc(Cl)cc2)no1)N1CCC(N(C)CC(=O)O)CC1. The second-order valence-corrected chi connectivity index (χ2v) is 7.54. The Bertz CT molecular complexity index is 757. The highest BCUT2D eigenvalue weighted by Gasteiger charge is 2.28. The van der Waals surface area contributed by atoms with E-state index in [0.29, 0.717) is 29.2 Å². The van der Waals surface area contributed by atoms with Crippen molar-refractivity contribution >= 4 is 17.6 Å². The second-order valence-electron chi connectivity index (χ2n) is 7.10. The number of aliphatic carboxylic acids is 1. The summed E-state index contributed by atoms with van der Waals surface area (Å²) in [5.41, 5.74) is 1.08. The summed E-state index contributed by atoms with van der Waals surface area (Å²) in [5, 5.41) is 13.8. The van der Waals surface area contributed by atoms with Crippen LogP contribution in [0.2, 0.25) is 5.02 Å². The standard InChI is InChI=1S/C19H25ClN4O3/c1-13(24-9-7-16(8-10-24)23(2)12-18(25)26)19-21-17(22-27-19)11-14-3-5-15(20)6-4-14/h3-6,13,16H,7-12H2,1-2H3,(H,25,26). The maximum absolute atomic E-state index is 10.9. The zero-order chi connectivity index (χ0) is 19.4. The molecule has 0 spiro atoms. The molecule has 0 saturated carbocycles. The molecule has 2 aromatic rings. The summed E-state index contributed by atoms with van der Waals surface area (Å²) < 4.78 is 5.49. The molecule has 1 unspecified atom stereocenters. The van der Waals surface area contributed by atoms with Crippen molar-refractivity contribution in [3.8, 4) is 0 Å². The molecular weight excluding hydrogens is 368 g/mol. The summed E-state index contributed by atoms with van der Waals surface area (Å²) in [5.74, 6) is 0.499. The zero-order valence-electron chi connectivity index (χ0n) is 15.6. The number of hydrogen-bond acceptors (Lipinski definition) is 6. The van der Waals surface area contributed by atoms with E-state index in [1.54, 1.807) is 0 Å². The van der Waals surface area contributed by atoms with Crippen molar-refractivity contribution in [2.75, 3.05) is 26.7 Å². The number of carboxylic acids is 1. The van der Waals surface area contributed by atoms with Gasteiger partial charge in [0.1, 0.15) is 0 Å². The topological polar surface area (TPSA) is 82.7 Å². The first-order valence-corrected chi connectivity index (χ1v) is 9.53. The van der Waals surface area contributed by atoms with E-state index in [0.717, 1.165) is 31.5 Å². The molecule has 146 valence electrons. The van der Waals surface area contributed by atoms with Crippen LogP contribution in [0, 0.1) is 0 Å². The first-order valence-electron chi connectivity index (χ1n) is 9.15. The Balaban J connectivity index is 1.54. The van der Waals surface area contributed by atoms with E-state index in [-0.39, 0.29) is 12.6 Å². The maximum atomic E-state index is 10.9. The van der Waals surface area contributed by atoms with Gasteiger partial charge in [-0.05, 0) is 44.5 Å². The monoisotopic (exact) mass is 392 g/mol. The van der Waals surface area contributed by atoms with Crippen LogP contribution in [0.25, 0.3) is 0 Å². The summed E-state index contributed by atoms with van der Waals surface area (Å²) in [6, 6.07) is 7.97. The number of halogens is 1. The Labute approximate surface area is 163 Å². The third-order valence-electron chi connectivity index (χ3n) is 5.17. The molecule has 0 amide bonds. The molecule has 1 aromatic carbocycles. The summed E-state index contributed by atoms with van der Waals surface area (Å²) in [6.07, 6.45) is 2.47. The smallest absolute Gasteiger partial charge is 0.317 e. The van der Waals surface area contributed by atoms with Gasteiger partial charge in [0, 0.05) is 30.6 Å². The molecular formula is C19H25ClN4O3. The molecule has 1 N–H and O–H groups in total. The van der Waals surface area contributed by atoms with Gasteiger partial charge in [-0.1, -0.05) is 28.9 Å². The number of nitrogens with zero attached hydrogens (tertiary/aromatic N) is 4. The van der Waals surface area contributed by atoms with Crippen molar-refractivity contribution in [3.63, 3.8) is 0 Å². The lowest BCUT2D eigenvalue weighted by molar-refractivity contribution is -0.138. The summed E-state index contributed by atoms with van der Waals surface area (Å²) >= 11 is 5.91. The molecule has 2 heterocycles. The average molecular weight is 393 g/mol. The molecule has 1 aliphatic heterocycles. The molecule has 27 heavy (non-hydrogen) atoms. The van der Waals surface area contributed by atoms with E-state index in [2.05, 4.69) is 22.0 Å². The van der Waals surface area contributed by atoms with Gasteiger partial charge >= 0.3 is 5.97 Å². The molecule has 1 aromatic heterocycles. The Hall–Kier alpha value is -1.96. The van der Waals surface area contributed by atoms with Gasteiger partial charge in [-0.25, -0.2) is 0 Å². The minimum atomic E-state index is -0.785. The molecule has 0 aliphatic carbocycles. The molecule has 0 bridgehead atoms. The lowest BCUT2D eigenvalue weighted by atomic mass is 10.0. The van der Waals surface area contributed by atoms with Crippen LogP contribution in [0.5, 0.6) is 0 Å². The quantitative estimate of drug-likeness (QED) is 0.775. The number of hydrogen-bond donors (Lipinski definition) is 1. The fourth-order valence-electron chi connectivity index (χ4n) is 3.51. The normalized spacial score (nSPS) is 17.3. The van der Waals surface area contributed by atoms with Gasteiger partial charge in [-0.15, -0.1) is 0 Å². The fourth-order valence-corrected chi connectivity index (χ4v) is 3.63. The van der Waals surface area contributed by atoms with Crippen molar-refractivity contribution < 1.29 is 14.4 Å². The molecule has 1 aliphatic rings. The molecule has 3 rings (SSSR count). The van der Waals surface area contributed by atoms with E-state index < -0.39 is 5.97 Å². The first-order chi connectivity index (χ1) is 12.9. The minimum absolute atomic E-state index is 0.0437. The largest absolute Gasteiger partial charge is 0.480 e. The summed E-state index contributed by atoms with van der Waals surface area (Å²) in [7, 11) is 1.87. The van der Waals surface area contributed by atoms with Gasteiger partial charge in [-0.2, -0.15) is 4.98 Å². The van der Waals surface area contributed by atoms with E-state index in [1.165, 1.54) is 0 Å². The predicted octanol–water partition coefficient (Wildman–Crippen LogP) is 2.86. The van der Waals surface area contributed by atoms with Crippen molar-refractivity contribution in [3.05, 3.63) is 46.6 Å². The van der Waals surface area contributed by atoms with Crippen LogP contribution in [0.15, 0.2) is 28.8 Å². The molecule has 1 atom stereocenters. The Morgan fingerprint density at radius 1 is 1.37 bits per heavy atom. The predicted molar refractivity (Wildman–Crippen MR) is 102 cm³/mol.